The molecule has 0 aliphatic carbocycles. The monoisotopic (exact) mass is 348 g/mol. The first-order chi connectivity index (χ1) is 12.7. The van der Waals surface area contributed by atoms with E-state index in [0.717, 1.165) is 5.56 Å². The molecule has 2 aromatic rings. The fourth-order valence-electron chi connectivity index (χ4n) is 2.45. The van der Waals surface area contributed by atoms with Gasteiger partial charge in [-0.3, -0.25) is 9.59 Å². The number of benzene rings is 2. The molecule has 0 saturated carbocycles. The summed E-state index contributed by atoms with van der Waals surface area (Å²) in [4.78, 5) is 26.8. The van der Waals surface area contributed by atoms with Gasteiger partial charge < -0.3 is 10.2 Å². The second kappa shape index (κ2) is 9.99. The molecular weight excluding hydrogens is 324 g/mol. The molecule has 0 atom stereocenters. The summed E-state index contributed by atoms with van der Waals surface area (Å²) < 4.78 is 0. The molecule has 4 heteroatoms. The second-order valence-electron chi connectivity index (χ2n) is 5.65. The van der Waals surface area contributed by atoms with Crippen molar-refractivity contribution in [3.05, 3.63) is 89.6 Å². The Morgan fingerprint density at radius 3 is 2.08 bits per heavy atom. The SMILES string of the molecule is CCN(CC)C(=O)/C(=C\C=C\c1ccccc1)NC(=O)c1ccccc1. The Bertz CT molecular complexity index is 776. The molecule has 0 spiro atoms. The van der Waals surface area contributed by atoms with Gasteiger partial charge in [0.05, 0.1) is 0 Å². The van der Waals surface area contributed by atoms with E-state index in [9.17, 15) is 9.59 Å². The number of nitrogens with one attached hydrogen (secondary N) is 1. The maximum absolute atomic E-state index is 12.7. The molecule has 4 nitrogen and oxygen atoms in total. The van der Waals surface area contributed by atoms with Gasteiger partial charge in [0.1, 0.15) is 5.70 Å². The van der Waals surface area contributed by atoms with Gasteiger partial charge in [0.15, 0.2) is 0 Å². The first-order valence-electron chi connectivity index (χ1n) is 8.74. The number of nitrogens with zero attached hydrogens (tertiary/aromatic N) is 1. The minimum absolute atomic E-state index is 0.197. The van der Waals surface area contributed by atoms with Crippen LogP contribution in [0.1, 0.15) is 29.8 Å². The zero-order valence-electron chi connectivity index (χ0n) is 15.2. The van der Waals surface area contributed by atoms with Crippen molar-refractivity contribution in [1.82, 2.24) is 10.2 Å². The van der Waals surface area contributed by atoms with Gasteiger partial charge in [-0.25, -0.2) is 0 Å². The fourth-order valence-corrected chi connectivity index (χ4v) is 2.45. The first-order valence-corrected chi connectivity index (χ1v) is 8.74. The predicted molar refractivity (Wildman–Crippen MR) is 105 cm³/mol. The molecule has 134 valence electrons. The summed E-state index contributed by atoms with van der Waals surface area (Å²) >= 11 is 0. The van der Waals surface area contributed by atoms with Crippen LogP contribution < -0.4 is 5.32 Å². The van der Waals surface area contributed by atoms with Crippen LogP contribution in [0.15, 0.2) is 78.5 Å². The van der Waals surface area contributed by atoms with Crippen molar-refractivity contribution in [3.63, 3.8) is 0 Å². The Kier molecular flexibility index (Phi) is 7.37. The number of rotatable bonds is 7. The van der Waals surface area contributed by atoms with Gasteiger partial charge in [-0.1, -0.05) is 60.7 Å². The molecule has 2 aromatic carbocycles. The summed E-state index contributed by atoms with van der Waals surface area (Å²) in [7, 11) is 0. The quantitative estimate of drug-likeness (QED) is 0.610. The van der Waals surface area contributed by atoms with Crippen LogP contribution in [0, 0.1) is 0 Å². The number of carbonyl (C=O) groups excluding carboxylic acids is 2. The molecule has 0 bridgehead atoms. The van der Waals surface area contributed by atoms with Crippen molar-refractivity contribution in [2.24, 2.45) is 0 Å². The summed E-state index contributed by atoms with van der Waals surface area (Å²) in [5.41, 5.74) is 1.79. The molecule has 0 saturated heterocycles. The summed E-state index contributed by atoms with van der Waals surface area (Å²) in [5.74, 6) is -0.498. The van der Waals surface area contributed by atoms with Crippen LogP contribution in [0.3, 0.4) is 0 Å². The summed E-state index contributed by atoms with van der Waals surface area (Å²) in [6.45, 7) is 4.99. The number of hydrogen-bond acceptors (Lipinski definition) is 2. The van der Waals surface area contributed by atoms with Gasteiger partial charge in [0.2, 0.25) is 0 Å². The van der Waals surface area contributed by atoms with Gasteiger partial charge in [0, 0.05) is 18.7 Å². The highest BCUT2D eigenvalue weighted by atomic mass is 16.2. The molecule has 1 N–H and O–H groups in total. The molecule has 26 heavy (non-hydrogen) atoms. The van der Waals surface area contributed by atoms with Crippen molar-refractivity contribution in [3.8, 4) is 0 Å². The third-order valence-electron chi connectivity index (χ3n) is 3.92. The molecule has 2 amide bonds. The minimum Gasteiger partial charge on any atom is -0.338 e. The highest BCUT2D eigenvalue weighted by molar-refractivity contribution is 6.03. The molecule has 0 aliphatic rings. The van der Waals surface area contributed by atoms with Crippen molar-refractivity contribution in [2.75, 3.05) is 13.1 Å². The van der Waals surface area contributed by atoms with E-state index in [1.54, 1.807) is 41.3 Å². The predicted octanol–water partition coefficient (Wildman–Crippen LogP) is 3.88. The number of allylic oxidation sites excluding steroid dienone is 2. The van der Waals surface area contributed by atoms with Crippen molar-refractivity contribution < 1.29 is 9.59 Å². The molecule has 0 radical (unpaired) electrons. The lowest BCUT2D eigenvalue weighted by Gasteiger charge is -2.20. The number of carbonyl (C=O) groups is 2. The van der Waals surface area contributed by atoms with E-state index in [1.807, 2.05) is 56.3 Å². The minimum atomic E-state index is -0.300. The second-order valence-corrected chi connectivity index (χ2v) is 5.65. The third-order valence-corrected chi connectivity index (χ3v) is 3.92. The number of likely N-dealkylation sites (N-methyl/N-ethyl adjacent to an activating group) is 1. The highest BCUT2D eigenvalue weighted by Gasteiger charge is 2.17. The average molecular weight is 348 g/mol. The van der Waals surface area contributed by atoms with Crippen LogP contribution in [0.25, 0.3) is 6.08 Å². The molecule has 0 heterocycles. The Morgan fingerprint density at radius 1 is 0.923 bits per heavy atom. The van der Waals surface area contributed by atoms with E-state index in [4.69, 9.17) is 0 Å². The molecule has 0 aliphatic heterocycles. The Labute approximate surface area is 154 Å². The van der Waals surface area contributed by atoms with E-state index < -0.39 is 0 Å². The molecular formula is C22H24N2O2. The maximum Gasteiger partial charge on any atom is 0.270 e. The Balaban J connectivity index is 2.23. The highest BCUT2D eigenvalue weighted by Crippen LogP contribution is 2.06. The first kappa shape index (κ1) is 19.2. The standard InChI is InChI=1S/C22H24N2O2/c1-3-24(4-2)22(26)20(17-11-14-18-12-7-5-8-13-18)23-21(25)19-15-9-6-10-16-19/h5-17H,3-4H2,1-2H3,(H,23,25)/b14-11+,20-17+. The molecule has 0 unspecified atom stereocenters. The van der Waals surface area contributed by atoms with Crippen molar-refractivity contribution in [2.45, 2.75) is 13.8 Å². The van der Waals surface area contributed by atoms with Crippen LogP contribution in [0.4, 0.5) is 0 Å². The van der Waals surface area contributed by atoms with Crippen LogP contribution in [0.5, 0.6) is 0 Å². The molecule has 2 rings (SSSR count). The zero-order valence-corrected chi connectivity index (χ0v) is 15.2. The van der Waals surface area contributed by atoms with E-state index in [2.05, 4.69) is 5.32 Å². The van der Waals surface area contributed by atoms with Crippen LogP contribution in [-0.4, -0.2) is 29.8 Å². The van der Waals surface area contributed by atoms with Gasteiger partial charge in [-0.15, -0.1) is 0 Å². The topological polar surface area (TPSA) is 49.4 Å². The van der Waals surface area contributed by atoms with Gasteiger partial charge in [0.25, 0.3) is 11.8 Å². The lowest BCUT2D eigenvalue weighted by molar-refractivity contribution is -0.127. The van der Waals surface area contributed by atoms with E-state index >= 15 is 0 Å². The summed E-state index contributed by atoms with van der Waals surface area (Å²) in [6.07, 6.45) is 5.32. The number of amides is 2. The van der Waals surface area contributed by atoms with Crippen LogP contribution in [-0.2, 0) is 4.79 Å². The average Bonchev–Trinajstić information content (AvgIpc) is 2.69. The molecule has 0 fully saturated rings. The summed E-state index contributed by atoms with van der Waals surface area (Å²) in [5, 5.41) is 2.75. The Morgan fingerprint density at radius 2 is 1.50 bits per heavy atom. The normalized spacial score (nSPS) is 11.4. The lowest BCUT2D eigenvalue weighted by Crippen LogP contribution is -2.38. The van der Waals surface area contributed by atoms with Crippen LogP contribution in [0.2, 0.25) is 0 Å². The Hall–Kier alpha value is -3.14. The molecule has 0 aromatic heterocycles. The number of hydrogen-bond donors (Lipinski definition) is 1. The largest absolute Gasteiger partial charge is 0.338 e. The maximum atomic E-state index is 12.7. The zero-order chi connectivity index (χ0) is 18.8. The van der Waals surface area contributed by atoms with Crippen molar-refractivity contribution in [1.29, 1.82) is 0 Å². The smallest absolute Gasteiger partial charge is 0.270 e. The van der Waals surface area contributed by atoms with E-state index in [-0.39, 0.29) is 17.5 Å². The van der Waals surface area contributed by atoms with Crippen LogP contribution >= 0.6 is 0 Å². The lowest BCUT2D eigenvalue weighted by atomic mass is 10.2. The van der Waals surface area contributed by atoms with Gasteiger partial charge >= 0.3 is 0 Å². The van der Waals surface area contributed by atoms with Gasteiger partial charge in [-0.2, -0.15) is 0 Å². The van der Waals surface area contributed by atoms with E-state index in [1.165, 1.54) is 0 Å². The third kappa shape index (κ3) is 5.45. The fraction of sp³-hybridized carbons (Fsp3) is 0.182. The van der Waals surface area contributed by atoms with Gasteiger partial charge in [-0.05, 0) is 37.6 Å². The summed E-state index contributed by atoms with van der Waals surface area (Å²) in [6, 6.07) is 18.6. The van der Waals surface area contributed by atoms with Crippen molar-refractivity contribution >= 4 is 17.9 Å². The van der Waals surface area contributed by atoms with E-state index in [0.29, 0.717) is 18.7 Å².